The topological polar surface area (TPSA) is 17.1 Å². The van der Waals surface area contributed by atoms with Gasteiger partial charge in [0.05, 0.1) is 0 Å². The van der Waals surface area contributed by atoms with Gasteiger partial charge in [0.1, 0.15) is 0 Å². The molecule has 0 aliphatic carbocycles. The van der Waals surface area contributed by atoms with E-state index in [9.17, 15) is 4.79 Å². The maximum absolute atomic E-state index is 11.1. The summed E-state index contributed by atoms with van der Waals surface area (Å²) < 4.78 is 0. The number of halogens is 1. The van der Waals surface area contributed by atoms with E-state index in [1.165, 1.54) is 0 Å². The van der Waals surface area contributed by atoms with Gasteiger partial charge in [0.2, 0.25) is 5.24 Å². The second-order valence-corrected chi connectivity index (χ2v) is 4.55. The first-order valence-electron chi connectivity index (χ1n) is 3.95. The summed E-state index contributed by atoms with van der Waals surface area (Å²) in [5.41, 5.74) is -0.449. The predicted molar refractivity (Wildman–Crippen MR) is 48.7 cm³/mol. The fourth-order valence-electron chi connectivity index (χ4n) is 0.964. The molecule has 1 nitrogen and oxygen atoms in total. The molecule has 0 rings (SSSR count). The average Bonchev–Trinajstić information content (AvgIpc) is 1.83. The van der Waals surface area contributed by atoms with Gasteiger partial charge >= 0.3 is 0 Å². The molecule has 0 N–H and O–H groups in total. The van der Waals surface area contributed by atoms with Crippen molar-refractivity contribution in [1.82, 2.24) is 0 Å². The molecule has 0 spiro atoms. The summed E-state index contributed by atoms with van der Waals surface area (Å²) in [6.07, 6.45) is 0.791. The van der Waals surface area contributed by atoms with E-state index in [0.717, 1.165) is 6.42 Å². The van der Waals surface area contributed by atoms with E-state index in [0.29, 0.717) is 0 Å². The molecule has 11 heavy (non-hydrogen) atoms. The molecule has 0 fully saturated rings. The third-order valence-electron chi connectivity index (χ3n) is 2.80. The van der Waals surface area contributed by atoms with Crippen LogP contribution in [0.2, 0.25) is 0 Å². The fourth-order valence-corrected chi connectivity index (χ4v) is 1.38. The molecule has 0 aliphatic heterocycles. The Morgan fingerprint density at radius 2 is 1.64 bits per heavy atom. The first-order chi connectivity index (χ1) is 4.75. The number of carbonyl (C=O) groups is 1. The van der Waals surface area contributed by atoms with E-state index in [-0.39, 0.29) is 10.7 Å². The Morgan fingerprint density at radius 1 is 1.27 bits per heavy atom. The van der Waals surface area contributed by atoms with Crippen molar-refractivity contribution in [3.63, 3.8) is 0 Å². The van der Waals surface area contributed by atoms with Crippen LogP contribution >= 0.6 is 11.6 Å². The fraction of sp³-hybridized carbons (Fsp3) is 0.889. The zero-order valence-electron chi connectivity index (χ0n) is 7.99. The van der Waals surface area contributed by atoms with Crippen molar-refractivity contribution < 1.29 is 4.79 Å². The summed E-state index contributed by atoms with van der Waals surface area (Å²) in [5, 5.41) is -0.229. The molecule has 0 aromatic heterocycles. The van der Waals surface area contributed by atoms with Gasteiger partial charge in [-0.25, -0.2) is 0 Å². The Bertz CT molecular complexity index is 157. The number of hydrogen-bond acceptors (Lipinski definition) is 1. The maximum Gasteiger partial charge on any atom is 0.228 e. The molecule has 1 atom stereocenters. The van der Waals surface area contributed by atoms with Crippen molar-refractivity contribution in [1.29, 1.82) is 0 Å². The Labute approximate surface area is 74.1 Å². The van der Waals surface area contributed by atoms with Crippen LogP contribution in [0.4, 0.5) is 0 Å². The first-order valence-corrected chi connectivity index (χ1v) is 4.33. The van der Waals surface area contributed by atoms with E-state index in [2.05, 4.69) is 0 Å². The SMILES string of the molecule is CCC(C)(C(=O)Cl)C(C)(C)C. The van der Waals surface area contributed by atoms with E-state index in [1.807, 2.05) is 34.6 Å². The predicted octanol–water partition coefficient (Wildman–Crippen LogP) is 3.21. The van der Waals surface area contributed by atoms with Crippen molar-refractivity contribution in [2.45, 2.75) is 41.0 Å². The molecule has 1 unspecified atom stereocenters. The van der Waals surface area contributed by atoms with Crippen LogP contribution in [0.3, 0.4) is 0 Å². The van der Waals surface area contributed by atoms with Crippen molar-refractivity contribution in [2.24, 2.45) is 10.8 Å². The van der Waals surface area contributed by atoms with Crippen LogP contribution in [-0.4, -0.2) is 5.24 Å². The minimum atomic E-state index is -0.394. The minimum Gasteiger partial charge on any atom is -0.281 e. The molecule has 66 valence electrons. The van der Waals surface area contributed by atoms with E-state index in [1.54, 1.807) is 0 Å². The number of carbonyl (C=O) groups excluding carboxylic acids is 1. The molecule has 0 bridgehead atoms. The Hall–Kier alpha value is -0.0400. The normalized spacial score (nSPS) is 17.6. The minimum absolute atomic E-state index is 0.0550. The molecule has 0 radical (unpaired) electrons. The summed E-state index contributed by atoms with van der Waals surface area (Å²) in [7, 11) is 0. The van der Waals surface area contributed by atoms with Gasteiger partial charge in [0.25, 0.3) is 0 Å². The Balaban J connectivity index is 4.75. The maximum atomic E-state index is 11.1. The highest BCUT2D eigenvalue weighted by Gasteiger charge is 2.41. The van der Waals surface area contributed by atoms with Gasteiger partial charge in [-0.2, -0.15) is 0 Å². The molecular weight excluding hydrogens is 160 g/mol. The third-order valence-corrected chi connectivity index (χ3v) is 3.21. The molecule has 0 aromatic rings. The van der Waals surface area contributed by atoms with Gasteiger partial charge < -0.3 is 0 Å². The molecule has 0 amide bonds. The van der Waals surface area contributed by atoms with Crippen molar-refractivity contribution in [2.75, 3.05) is 0 Å². The quantitative estimate of drug-likeness (QED) is 0.591. The van der Waals surface area contributed by atoms with Crippen molar-refractivity contribution in [3.05, 3.63) is 0 Å². The zero-order chi connectivity index (χ0) is 9.28. The van der Waals surface area contributed by atoms with Crippen LogP contribution < -0.4 is 0 Å². The van der Waals surface area contributed by atoms with Crippen molar-refractivity contribution >= 4 is 16.8 Å². The number of hydrogen-bond donors (Lipinski definition) is 0. The molecule has 0 saturated carbocycles. The molecule has 2 heteroatoms. The van der Waals surface area contributed by atoms with Gasteiger partial charge in [-0.3, -0.25) is 4.79 Å². The van der Waals surface area contributed by atoms with Crippen LogP contribution in [0.1, 0.15) is 41.0 Å². The largest absolute Gasteiger partial charge is 0.281 e. The lowest BCUT2D eigenvalue weighted by Crippen LogP contribution is -2.37. The smallest absolute Gasteiger partial charge is 0.228 e. The average molecular weight is 177 g/mol. The Kier molecular flexibility index (Phi) is 3.13. The molecule has 0 saturated heterocycles. The lowest BCUT2D eigenvalue weighted by Gasteiger charge is -2.37. The van der Waals surface area contributed by atoms with E-state index < -0.39 is 5.41 Å². The van der Waals surface area contributed by atoms with Crippen LogP contribution in [0.5, 0.6) is 0 Å². The van der Waals surface area contributed by atoms with Gasteiger partial charge in [0, 0.05) is 5.41 Å². The second-order valence-electron chi connectivity index (χ2n) is 4.21. The van der Waals surface area contributed by atoms with E-state index in [4.69, 9.17) is 11.6 Å². The third kappa shape index (κ3) is 1.96. The molecule has 0 aliphatic rings. The lowest BCUT2D eigenvalue weighted by molar-refractivity contribution is -0.125. The summed E-state index contributed by atoms with van der Waals surface area (Å²) in [6.45, 7) is 10.0. The standard InChI is InChI=1S/C9H17ClO/c1-6-9(5,7(10)11)8(2,3)4/h6H2,1-5H3. The van der Waals surface area contributed by atoms with Gasteiger partial charge in [0.15, 0.2) is 0 Å². The highest BCUT2D eigenvalue weighted by Crippen LogP contribution is 2.42. The van der Waals surface area contributed by atoms with Gasteiger partial charge in [-0.15, -0.1) is 0 Å². The summed E-state index contributed by atoms with van der Waals surface area (Å²) in [5.74, 6) is 0. The highest BCUT2D eigenvalue weighted by molar-refractivity contribution is 6.64. The number of rotatable bonds is 2. The molecular formula is C9H17ClO. The van der Waals surface area contributed by atoms with E-state index >= 15 is 0 Å². The van der Waals surface area contributed by atoms with Crippen LogP contribution in [-0.2, 0) is 4.79 Å². The second kappa shape index (κ2) is 3.14. The monoisotopic (exact) mass is 176 g/mol. The van der Waals surface area contributed by atoms with Crippen LogP contribution in [0.15, 0.2) is 0 Å². The van der Waals surface area contributed by atoms with Gasteiger partial charge in [-0.1, -0.05) is 34.6 Å². The zero-order valence-corrected chi connectivity index (χ0v) is 8.75. The molecule has 0 heterocycles. The van der Waals surface area contributed by atoms with Crippen LogP contribution in [0, 0.1) is 10.8 Å². The summed E-state index contributed by atoms with van der Waals surface area (Å²) in [6, 6.07) is 0. The first kappa shape index (κ1) is 11.0. The van der Waals surface area contributed by atoms with Crippen LogP contribution in [0.25, 0.3) is 0 Å². The lowest BCUT2D eigenvalue weighted by atomic mass is 9.67. The summed E-state index contributed by atoms with van der Waals surface area (Å²) >= 11 is 5.53. The van der Waals surface area contributed by atoms with Gasteiger partial charge in [-0.05, 0) is 23.4 Å². The molecule has 0 aromatic carbocycles. The Morgan fingerprint density at radius 3 is 1.64 bits per heavy atom. The summed E-state index contributed by atoms with van der Waals surface area (Å²) in [4.78, 5) is 11.1. The van der Waals surface area contributed by atoms with Crippen molar-refractivity contribution in [3.8, 4) is 0 Å². The highest BCUT2D eigenvalue weighted by atomic mass is 35.5.